The monoisotopic (exact) mass is 302 g/mol. The summed E-state index contributed by atoms with van der Waals surface area (Å²) < 4.78 is 5.04. The first kappa shape index (κ1) is 15.5. The molecule has 3 rings (SSSR count). The number of hydrogen-bond donors (Lipinski definition) is 1. The van der Waals surface area contributed by atoms with E-state index in [1.807, 2.05) is 6.07 Å². The van der Waals surface area contributed by atoms with E-state index in [-0.39, 0.29) is 12.0 Å². The summed E-state index contributed by atoms with van der Waals surface area (Å²) in [5.41, 5.74) is 1.32. The van der Waals surface area contributed by atoms with E-state index in [9.17, 15) is 4.79 Å². The highest BCUT2D eigenvalue weighted by atomic mass is 16.5. The van der Waals surface area contributed by atoms with Gasteiger partial charge in [0.2, 0.25) is 0 Å². The summed E-state index contributed by atoms with van der Waals surface area (Å²) in [5, 5.41) is 3.42. The van der Waals surface area contributed by atoms with Crippen LogP contribution in [0.1, 0.15) is 37.3 Å². The van der Waals surface area contributed by atoms with E-state index in [0.29, 0.717) is 12.0 Å². The highest BCUT2D eigenvalue weighted by molar-refractivity contribution is 5.76. The molecule has 0 saturated carbocycles. The number of carbonyl (C=O) groups is 1. The van der Waals surface area contributed by atoms with E-state index in [1.54, 1.807) is 0 Å². The number of hydrogen-bond acceptors (Lipinski definition) is 4. The van der Waals surface area contributed by atoms with Gasteiger partial charge >= 0.3 is 5.97 Å². The van der Waals surface area contributed by atoms with E-state index in [0.717, 1.165) is 32.5 Å². The molecular weight excluding hydrogens is 276 g/mol. The summed E-state index contributed by atoms with van der Waals surface area (Å²) >= 11 is 0. The Morgan fingerprint density at radius 2 is 1.91 bits per heavy atom. The number of likely N-dealkylation sites (tertiary alicyclic amines) is 1. The molecule has 0 spiro atoms. The van der Waals surface area contributed by atoms with Gasteiger partial charge in [0.25, 0.3) is 0 Å². The number of ether oxygens (including phenoxy) is 1. The number of nitrogens with one attached hydrogen (secondary N) is 1. The first-order chi connectivity index (χ1) is 10.8. The predicted octanol–water partition coefficient (Wildman–Crippen LogP) is 2.36. The van der Waals surface area contributed by atoms with Crippen molar-refractivity contribution in [2.75, 3.05) is 26.7 Å². The number of nitrogens with zero attached hydrogens (tertiary/aromatic N) is 1. The zero-order valence-electron chi connectivity index (χ0n) is 13.3. The zero-order valence-corrected chi connectivity index (χ0v) is 13.3. The van der Waals surface area contributed by atoms with Crippen molar-refractivity contribution in [1.82, 2.24) is 10.2 Å². The Hall–Kier alpha value is -1.39. The largest absolute Gasteiger partial charge is 0.468 e. The van der Waals surface area contributed by atoms with Gasteiger partial charge in [-0.05, 0) is 50.3 Å². The summed E-state index contributed by atoms with van der Waals surface area (Å²) in [7, 11) is 1.50. The van der Waals surface area contributed by atoms with Gasteiger partial charge in [-0.25, -0.2) is 0 Å². The van der Waals surface area contributed by atoms with Crippen LogP contribution in [0.4, 0.5) is 0 Å². The van der Waals surface area contributed by atoms with Gasteiger partial charge in [-0.3, -0.25) is 9.69 Å². The van der Waals surface area contributed by atoms with E-state index in [4.69, 9.17) is 4.74 Å². The standard InChI is InChI=1S/C18H26N2O2/c1-22-18(21)17-8-7-16(15-5-3-2-4-6-15)20(17)13-14-9-11-19-12-10-14/h2-6,14,16-17,19H,7-13H2,1H3/t16-,17-/m0/s1. The average molecular weight is 302 g/mol. The van der Waals surface area contributed by atoms with Crippen LogP contribution in [-0.2, 0) is 9.53 Å². The second kappa shape index (κ2) is 7.25. The topological polar surface area (TPSA) is 41.6 Å². The summed E-state index contributed by atoms with van der Waals surface area (Å²) in [6.07, 6.45) is 4.34. The van der Waals surface area contributed by atoms with Gasteiger partial charge in [0.15, 0.2) is 0 Å². The maximum atomic E-state index is 12.2. The fraction of sp³-hybridized carbons (Fsp3) is 0.611. The molecule has 0 bridgehead atoms. The van der Waals surface area contributed by atoms with Crippen molar-refractivity contribution in [2.45, 2.75) is 37.8 Å². The normalized spacial score (nSPS) is 27.0. The summed E-state index contributed by atoms with van der Waals surface area (Å²) in [6, 6.07) is 10.9. The number of esters is 1. The van der Waals surface area contributed by atoms with Gasteiger partial charge in [0.05, 0.1) is 7.11 Å². The molecule has 2 heterocycles. The van der Waals surface area contributed by atoms with Crippen LogP contribution in [0, 0.1) is 5.92 Å². The van der Waals surface area contributed by atoms with Crippen LogP contribution < -0.4 is 5.32 Å². The van der Waals surface area contributed by atoms with E-state index < -0.39 is 0 Å². The Kier molecular flexibility index (Phi) is 5.11. The van der Waals surface area contributed by atoms with Gasteiger partial charge in [-0.15, -0.1) is 0 Å². The van der Waals surface area contributed by atoms with Crippen molar-refractivity contribution in [3.05, 3.63) is 35.9 Å². The second-order valence-electron chi connectivity index (χ2n) is 6.43. The molecule has 0 aliphatic carbocycles. The molecule has 0 radical (unpaired) electrons. The number of carbonyl (C=O) groups excluding carboxylic acids is 1. The molecule has 1 aromatic carbocycles. The lowest BCUT2D eigenvalue weighted by atomic mass is 9.96. The lowest BCUT2D eigenvalue weighted by molar-refractivity contribution is -0.146. The number of methoxy groups -OCH3 is 1. The van der Waals surface area contributed by atoms with Gasteiger partial charge in [0.1, 0.15) is 6.04 Å². The van der Waals surface area contributed by atoms with Crippen LogP contribution in [-0.4, -0.2) is 43.7 Å². The smallest absolute Gasteiger partial charge is 0.323 e. The molecule has 2 aliphatic heterocycles. The highest BCUT2D eigenvalue weighted by Crippen LogP contribution is 2.37. The molecule has 4 nitrogen and oxygen atoms in total. The highest BCUT2D eigenvalue weighted by Gasteiger charge is 2.40. The summed E-state index contributed by atoms with van der Waals surface area (Å²) in [4.78, 5) is 14.6. The molecule has 2 fully saturated rings. The number of rotatable bonds is 4. The molecule has 120 valence electrons. The third-order valence-electron chi connectivity index (χ3n) is 5.10. The van der Waals surface area contributed by atoms with Crippen LogP contribution in [0.5, 0.6) is 0 Å². The number of benzene rings is 1. The molecule has 1 aromatic rings. The van der Waals surface area contributed by atoms with Gasteiger partial charge in [0, 0.05) is 12.6 Å². The predicted molar refractivity (Wildman–Crippen MR) is 86.5 cm³/mol. The van der Waals surface area contributed by atoms with Gasteiger partial charge < -0.3 is 10.1 Å². The molecule has 2 saturated heterocycles. The molecular formula is C18H26N2O2. The molecule has 2 aliphatic rings. The zero-order chi connectivity index (χ0) is 15.4. The fourth-order valence-corrected chi connectivity index (χ4v) is 3.90. The van der Waals surface area contributed by atoms with Crippen LogP contribution in [0.25, 0.3) is 0 Å². The van der Waals surface area contributed by atoms with E-state index in [1.165, 1.54) is 25.5 Å². The molecule has 1 N–H and O–H groups in total. The quantitative estimate of drug-likeness (QED) is 0.867. The van der Waals surface area contributed by atoms with Gasteiger partial charge in [-0.1, -0.05) is 30.3 Å². The molecule has 0 aromatic heterocycles. The van der Waals surface area contributed by atoms with Crippen LogP contribution >= 0.6 is 0 Å². The van der Waals surface area contributed by atoms with Crippen molar-refractivity contribution in [2.24, 2.45) is 5.92 Å². The number of piperidine rings is 1. The first-order valence-corrected chi connectivity index (χ1v) is 8.39. The maximum absolute atomic E-state index is 12.2. The lowest BCUT2D eigenvalue weighted by Crippen LogP contribution is -2.43. The van der Waals surface area contributed by atoms with Crippen molar-refractivity contribution in [1.29, 1.82) is 0 Å². The second-order valence-corrected chi connectivity index (χ2v) is 6.43. The SMILES string of the molecule is COC(=O)[C@@H]1CC[C@@H](c2ccccc2)N1CC1CCNCC1. The van der Waals surface area contributed by atoms with Crippen molar-refractivity contribution < 1.29 is 9.53 Å². The fourth-order valence-electron chi connectivity index (χ4n) is 3.90. The van der Waals surface area contributed by atoms with Crippen molar-refractivity contribution in [3.63, 3.8) is 0 Å². The third kappa shape index (κ3) is 3.33. The van der Waals surface area contributed by atoms with Crippen LogP contribution in [0.3, 0.4) is 0 Å². The molecule has 4 heteroatoms. The Bertz CT molecular complexity index is 485. The Morgan fingerprint density at radius 3 is 2.59 bits per heavy atom. The first-order valence-electron chi connectivity index (χ1n) is 8.39. The Morgan fingerprint density at radius 1 is 1.18 bits per heavy atom. The molecule has 0 unspecified atom stereocenters. The minimum atomic E-state index is -0.0786. The van der Waals surface area contributed by atoms with Crippen molar-refractivity contribution in [3.8, 4) is 0 Å². The van der Waals surface area contributed by atoms with E-state index in [2.05, 4.69) is 34.5 Å². The minimum absolute atomic E-state index is 0.0765. The Labute approximate surface area is 132 Å². The third-order valence-corrected chi connectivity index (χ3v) is 5.10. The minimum Gasteiger partial charge on any atom is -0.468 e. The van der Waals surface area contributed by atoms with Crippen LogP contribution in [0.2, 0.25) is 0 Å². The lowest BCUT2D eigenvalue weighted by Gasteiger charge is -2.34. The summed E-state index contributed by atoms with van der Waals surface area (Å²) in [6.45, 7) is 3.19. The average Bonchev–Trinajstić information content (AvgIpc) is 2.99. The molecule has 2 atom stereocenters. The summed E-state index contributed by atoms with van der Waals surface area (Å²) in [5.74, 6) is 0.602. The van der Waals surface area contributed by atoms with E-state index >= 15 is 0 Å². The molecule has 0 amide bonds. The Balaban J connectivity index is 1.77. The maximum Gasteiger partial charge on any atom is 0.323 e. The van der Waals surface area contributed by atoms with Crippen LogP contribution in [0.15, 0.2) is 30.3 Å². The van der Waals surface area contributed by atoms with Gasteiger partial charge in [-0.2, -0.15) is 0 Å². The van der Waals surface area contributed by atoms with Crippen molar-refractivity contribution >= 4 is 5.97 Å². The molecule has 22 heavy (non-hydrogen) atoms.